The van der Waals surface area contributed by atoms with E-state index in [1.165, 1.54) is 11.1 Å². The van der Waals surface area contributed by atoms with Gasteiger partial charge in [-0.15, -0.1) is 0 Å². The van der Waals surface area contributed by atoms with E-state index in [2.05, 4.69) is 85.6 Å². The van der Waals surface area contributed by atoms with Gasteiger partial charge in [-0.1, -0.05) is 67.9 Å². The lowest BCUT2D eigenvalue weighted by molar-refractivity contribution is 0.867. The molecule has 0 amide bonds. The van der Waals surface area contributed by atoms with Gasteiger partial charge in [0.1, 0.15) is 0 Å². The number of aromatic nitrogens is 2. The van der Waals surface area contributed by atoms with Crippen molar-refractivity contribution in [1.29, 1.82) is 0 Å². The Bertz CT molecular complexity index is 719. The Morgan fingerprint density at radius 2 is 1.48 bits per heavy atom. The van der Waals surface area contributed by atoms with E-state index in [9.17, 15) is 0 Å². The third kappa shape index (κ3) is 2.89. The number of nitrogens with one attached hydrogen (secondary N) is 1. The molecular weight excluding hydrogens is 256 g/mol. The Labute approximate surface area is 125 Å². The molecule has 0 saturated carbocycles. The van der Waals surface area contributed by atoms with Crippen molar-refractivity contribution in [2.24, 2.45) is 0 Å². The average Bonchev–Trinajstić information content (AvgIpc) is 2.98. The summed E-state index contributed by atoms with van der Waals surface area (Å²) in [5.74, 6) is 0.557. The highest BCUT2D eigenvalue weighted by Gasteiger charge is 2.06. The highest BCUT2D eigenvalue weighted by Crippen LogP contribution is 2.25. The summed E-state index contributed by atoms with van der Waals surface area (Å²) < 4.78 is 0. The number of H-pyrrole nitrogens is 1. The minimum Gasteiger partial charge on any atom is -0.277 e. The Morgan fingerprint density at radius 1 is 0.857 bits per heavy atom. The number of hydrogen-bond acceptors (Lipinski definition) is 1. The van der Waals surface area contributed by atoms with Gasteiger partial charge in [-0.25, -0.2) is 0 Å². The van der Waals surface area contributed by atoms with Crippen LogP contribution in [0.15, 0.2) is 54.6 Å². The third-order valence-electron chi connectivity index (χ3n) is 3.81. The summed E-state index contributed by atoms with van der Waals surface area (Å²) in [5, 5.41) is 7.56. The van der Waals surface area contributed by atoms with Gasteiger partial charge in [0.05, 0.1) is 11.4 Å². The predicted molar refractivity (Wildman–Crippen MR) is 88.3 cm³/mol. The van der Waals surface area contributed by atoms with Crippen molar-refractivity contribution in [2.45, 2.75) is 26.7 Å². The molecule has 0 fully saturated rings. The van der Waals surface area contributed by atoms with Crippen LogP contribution in [0.1, 0.15) is 30.9 Å². The van der Waals surface area contributed by atoms with E-state index in [1.807, 2.05) is 0 Å². The van der Waals surface area contributed by atoms with E-state index in [-0.39, 0.29) is 0 Å². The first kappa shape index (κ1) is 13.6. The topological polar surface area (TPSA) is 28.7 Å². The number of hydrogen-bond donors (Lipinski definition) is 1. The Hall–Kier alpha value is -2.35. The molecule has 0 saturated heterocycles. The van der Waals surface area contributed by atoms with Crippen molar-refractivity contribution in [3.05, 3.63) is 65.7 Å². The van der Waals surface area contributed by atoms with Gasteiger partial charge in [0.25, 0.3) is 0 Å². The molecule has 0 aliphatic carbocycles. The highest BCUT2D eigenvalue weighted by molar-refractivity contribution is 5.68. The lowest BCUT2D eigenvalue weighted by Crippen LogP contribution is -1.86. The van der Waals surface area contributed by atoms with Crippen LogP contribution in [0, 0.1) is 6.92 Å². The molecule has 2 aromatic carbocycles. The average molecular weight is 276 g/mol. The first-order valence-electron chi connectivity index (χ1n) is 7.36. The fourth-order valence-electron chi connectivity index (χ4n) is 2.39. The van der Waals surface area contributed by atoms with Crippen LogP contribution in [0.25, 0.3) is 22.5 Å². The number of rotatable bonds is 3. The first-order chi connectivity index (χ1) is 10.1. The van der Waals surface area contributed by atoms with Crippen LogP contribution in [-0.2, 0) is 0 Å². The summed E-state index contributed by atoms with van der Waals surface area (Å²) in [6.45, 7) is 6.51. The van der Waals surface area contributed by atoms with Crippen molar-refractivity contribution in [3.8, 4) is 22.5 Å². The molecule has 0 radical (unpaired) electrons. The largest absolute Gasteiger partial charge is 0.277 e. The van der Waals surface area contributed by atoms with Crippen LogP contribution in [-0.4, -0.2) is 10.2 Å². The summed E-state index contributed by atoms with van der Waals surface area (Å²) in [5.41, 5.74) is 6.97. The maximum Gasteiger partial charge on any atom is 0.0927 e. The SMILES string of the molecule is Cc1ccc(-c2cc(-c3ccc(C(C)C)cc3)n[nH]2)cc1. The van der Waals surface area contributed by atoms with Crippen molar-refractivity contribution < 1.29 is 0 Å². The van der Waals surface area contributed by atoms with Gasteiger partial charge in [-0.05, 0) is 30.0 Å². The maximum absolute atomic E-state index is 4.43. The van der Waals surface area contributed by atoms with Crippen LogP contribution in [0.4, 0.5) is 0 Å². The van der Waals surface area contributed by atoms with E-state index in [4.69, 9.17) is 0 Å². The molecular formula is C19H20N2. The Morgan fingerprint density at radius 3 is 2.10 bits per heavy atom. The zero-order valence-corrected chi connectivity index (χ0v) is 12.7. The molecule has 1 N–H and O–H groups in total. The summed E-state index contributed by atoms with van der Waals surface area (Å²) >= 11 is 0. The molecule has 0 aliphatic rings. The van der Waals surface area contributed by atoms with Crippen molar-refractivity contribution in [1.82, 2.24) is 10.2 Å². The second-order valence-corrected chi connectivity index (χ2v) is 5.81. The van der Waals surface area contributed by atoms with Crippen molar-refractivity contribution >= 4 is 0 Å². The second-order valence-electron chi connectivity index (χ2n) is 5.81. The second kappa shape index (κ2) is 5.57. The zero-order valence-electron chi connectivity index (χ0n) is 12.7. The standard InChI is InChI=1S/C19H20N2/c1-13(2)15-8-10-17(11-9-15)19-12-18(20-21-19)16-6-4-14(3)5-7-16/h4-13H,1-3H3,(H,20,21). The molecule has 1 heterocycles. The molecule has 3 aromatic rings. The normalized spacial score (nSPS) is 11.0. The third-order valence-corrected chi connectivity index (χ3v) is 3.81. The van der Waals surface area contributed by atoms with Crippen molar-refractivity contribution in [3.63, 3.8) is 0 Å². The molecule has 0 atom stereocenters. The van der Waals surface area contributed by atoms with E-state index in [1.54, 1.807) is 0 Å². The lowest BCUT2D eigenvalue weighted by atomic mass is 10.0. The predicted octanol–water partition coefficient (Wildman–Crippen LogP) is 5.18. The molecule has 0 spiro atoms. The number of aromatic amines is 1. The van der Waals surface area contributed by atoms with Crippen LogP contribution >= 0.6 is 0 Å². The van der Waals surface area contributed by atoms with Crippen LogP contribution in [0.2, 0.25) is 0 Å². The summed E-state index contributed by atoms with van der Waals surface area (Å²) in [6.07, 6.45) is 0. The lowest BCUT2D eigenvalue weighted by Gasteiger charge is -2.05. The van der Waals surface area contributed by atoms with E-state index in [0.717, 1.165) is 22.5 Å². The number of aryl methyl sites for hydroxylation is 1. The molecule has 3 rings (SSSR count). The summed E-state index contributed by atoms with van der Waals surface area (Å²) in [6, 6.07) is 19.2. The molecule has 2 nitrogen and oxygen atoms in total. The monoisotopic (exact) mass is 276 g/mol. The van der Waals surface area contributed by atoms with Gasteiger partial charge in [-0.3, -0.25) is 5.10 Å². The van der Waals surface area contributed by atoms with E-state index >= 15 is 0 Å². The fraction of sp³-hybridized carbons (Fsp3) is 0.211. The number of benzene rings is 2. The molecule has 0 unspecified atom stereocenters. The molecule has 21 heavy (non-hydrogen) atoms. The quantitative estimate of drug-likeness (QED) is 0.702. The minimum absolute atomic E-state index is 0.557. The van der Waals surface area contributed by atoms with Crippen LogP contribution < -0.4 is 0 Å². The Balaban J connectivity index is 1.89. The van der Waals surface area contributed by atoms with Crippen LogP contribution in [0.3, 0.4) is 0 Å². The fourth-order valence-corrected chi connectivity index (χ4v) is 2.39. The summed E-state index contributed by atoms with van der Waals surface area (Å²) in [4.78, 5) is 0. The molecule has 106 valence electrons. The van der Waals surface area contributed by atoms with Gasteiger partial charge in [0.2, 0.25) is 0 Å². The van der Waals surface area contributed by atoms with Gasteiger partial charge < -0.3 is 0 Å². The minimum atomic E-state index is 0.557. The van der Waals surface area contributed by atoms with E-state index < -0.39 is 0 Å². The molecule has 1 aromatic heterocycles. The van der Waals surface area contributed by atoms with E-state index in [0.29, 0.717) is 5.92 Å². The first-order valence-corrected chi connectivity index (χ1v) is 7.36. The maximum atomic E-state index is 4.43. The number of nitrogens with zero attached hydrogens (tertiary/aromatic N) is 1. The molecule has 2 heteroatoms. The van der Waals surface area contributed by atoms with Crippen LogP contribution in [0.5, 0.6) is 0 Å². The summed E-state index contributed by atoms with van der Waals surface area (Å²) in [7, 11) is 0. The van der Waals surface area contributed by atoms with Gasteiger partial charge in [0.15, 0.2) is 0 Å². The van der Waals surface area contributed by atoms with Gasteiger partial charge in [0, 0.05) is 5.56 Å². The smallest absolute Gasteiger partial charge is 0.0927 e. The molecule has 0 aliphatic heterocycles. The molecule has 0 bridgehead atoms. The highest BCUT2D eigenvalue weighted by atomic mass is 15.1. The van der Waals surface area contributed by atoms with Gasteiger partial charge in [-0.2, -0.15) is 5.10 Å². The Kier molecular flexibility index (Phi) is 3.61. The zero-order chi connectivity index (χ0) is 14.8. The van der Waals surface area contributed by atoms with Gasteiger partial charge >= 0.3 is 0 Å². The van der Waals surface area contributed by atoms with Crippen molar-refractivity contribution in [2.75, 3.05) is 0 Å².